The summed E-state index contributed by atoms with van der Waals surface area (Å²) in [6.45, 7) is 0. The molecule has 0 saturated heterocycles. The summed E-state index contributed by atoms with van der Waals surface area (Å²) >= 11 is 0. The fourth-order valence-corrected chi connectivity index (χ4v) is 3.42. The second-order valence-corrected chi connectivity index (χ2v) is 6.71. The summed E-state index contributed by atoms with van der Waals surface area (Å²) < 4.78 is 31.4. The standard InChI is InChI=1S/C15H12N4O5S/c1-24-13-6-2-11(3-7-13)15-10-16-17-18(15)25(22,23)14-8-4-12(5-9-14)19(20)21/h2-10H,1H3. The fourth-order valence-electron chi connectivity index (χ4n) is 2.19. The highest BCUT2D eigenvalue weighted by Crippen LogP contribution is 2.25. The van der Waals surface area contributed by atoms with Crippen molar-refractivity contribution in [3.05, 3.63) is 64.8 Å². The molecule has 25 heavy (non-hydrogen) atoms. The Morgan fingerprint density at radius 3 is 2.28 bits per heavy atom. The van der Waals surface area contributed by atoms with Crippen molar-refractivity contribution in [2.45, 2.75) is 4.90 Å². The van der Waals surface area contributed by atoms with Gasteiger partial charge in [-0.25, -0.2) is 0 Å². The minimum Gasteiger partial charge on any atom is -0.497 e. The number of benzene rings is 2. The molecule has 0 radical (unpaired) electrons. The molecule has 0 N–H and O–H groups in total. The summed E-state index contributed by atoms with van der Waals surface area (Å²) in [5, 5.41) is 18.0. The number of hydrogen-bond acceptors (Lipinski definition) is 7. The maximum Gasteiger partial charge on any atom is 0.284 e. The van der Waals surface area contributed by atoms with Gasteiger partial charge >= 0.3 is 0 Å². The summed E-state index contributed by atoms with van der Waals surface area (Å²) in [5.41, 5.74) is 0.644. The summed E-state index contributed by atoms with van der Waals surface area (Å²) in [4.78, 5) is 9.97. The van der Waals surface area contributed by atoms with Crippen LogP contribution in [-0.2, 0) is 10.0 Å². The zero-order chi connectivity index (χ0) is 18.0. The van der Waals surface area contributed by atoms with Crippen molar-refractivity contribution >= 4 is 15.7 Å². The molecule has 3 rings (SSSR count). The Kier molecular flexibility index (Phi) is 4.19. The zero-order valence-electron chi connectivity index (χ0n) is 12.9. The number of hydrogen-bond donors (Lipinski definition) is 0. The van der Waals surface area contributed by atoms with Crippen molar-refractivity contribution in [1.29, 1.82) is 0 Å². The van der Waals surface area contributed by atoms with Gasteiger partial charge in [-0.3, -0.25) is 10.1 Å². The lowest BCUT2D eigenvalue weighted by Crippen LogP contribution is -2.16. The van der Waals surface area contributed by atoms with Crippen LogP contribution in [0.3, 0.4) is 0 Å². The third-order valence-electron chi connectivity index (χ3n) is 3.48. The number of aromatic nitrogens is 3. The number of non-ortho nitro benzene ring substituents is 1. The molecule has 10 heteroatoms. The van der Waals surface area contributed by atoms with E-state index >= 15 is 0 Å². The normalized spacial score (nSPS) is 11.2. The van der Waals surface area contributed by atoms with Gasteiger partial charge in [0.2, 0.25) is 0 Å². The van der Waals surface area contributed by atoms with Gasteiger partial charge in [0, 0.05) is 17.7 Å². The lowest BCUT2D eigenvalue weighted by atomic mass is 10.2. The Bertz CT molecular complexity index is 1010. The number of rotatable bonds is 5. The Hall–Kier alpha value is -3.27. The van der Waals surface area contributed by atoms with E-state index in [1.807, 2.05) is 0 Å². The van der Waals surface area contributed by atoms with Crippen LogP contribution in [0.25, 0.3) is 11.3 Å². The molecule has 1 aromatic heterocycles. The van der Waals surface area contributed by atoms with E-state index in [9.17, 15) is 18.5 Å². The van der Waals surface area contributed by atoms with Gasteiger partial charge in [-0.05, 0) is 36.4 Å². The Labute approximate surface area is 142 Å². The molecule has 0 spiro atoms. The van der Waals surface area contributed by atoms with Gasteiger partial charge in [-0.1, -0.05) is 5.21 Å². The predicted molar refractivity (Wildman–Crippen MR) is 87.7 cm³/mol. The first-order valence-electron chi connectivity index (χ1n) is 6.98. The first-order chi connectivity index (χ1) is 11.9. The number of nitro groups is 1. The van der Waals surface area contributed by atoms with Crippen LogP contribution in [0.15, 0.2) is 59.6 Å². The molecule has 0 aliphatic carbocycles. The first kappa shape index (κ1) is 16.6. The van der Waals surface area contributed by atoms with Crippen LogP contribution in [0, 0.1) is 10.1 Å². The topological polar surface area (TPSA) is 117 Å². The zero-order valence-corrected chi connectivity index (χ0v) is 13.8. The molecule has 0 amide bonds. The molecular weight excluding hydrogens is 348 g/mol. The van der Waals surface area contributed by atoms with E-state index in [2.05, 4.69) is 10.3 Å². The molecule has 0 aliphatic rings. The highest BCUT2D eigenvalue weighted by atomic mass is 32.2. The van der Waals surface area contributed by atoms with Gasteiger partial charge in [0.25, 0.3) is 15.7 Å². The van der Waals surface area contributed by atoms with Gasteiger partial charge in [-0.15, -0.1) is 9.19 Å². The number of methoxy groups -OCH3 is 1. The lowest BCUT2D eigenvalue weighted by Gasteiger charge is -2.08. The van der Waals surface area contributed by atoms with E-state index in [1.165, 1.54) is 13.3 Å². The second kappa shape index (κ2) is 6.32. The van der Waals surface area contributed by atoms with Crippen molar-refractivity contribution < 1.29 is 18.1 Å². The molecular formula is C15H12N4O5S. The van der Waals surface area contributed by atoms with Gasteiger partial charge < -0.3 is 4.74 Å². The lowest BCUT2D eigenvalue weighted by molar-refractivity contribution is -0.384. The Balaban J connectivity index is 2.04. The molecule has 0 fully saturated rings. The maximum absolute atomic E-state index is 12.8. The van der Waals surface area contributed by atoms with E-state index in [0.29, 0.717) is 11.3 Å². The summed E-state index contributed by atoms with van der Waals surface area (Å²) in [5.74, 6) is 0.626. The Morgan fingerprint density at radius 2 is 1.72 bits per heavy atom. The second-order valence-electron chi connectivity index (χ2n) is 4.95. The number of nitrogens with zero attached hydrogens (tertiary/aromatic N) is 4. The maximum atomic E-state index is 12.8. The summed E-state index contributed by atoms with van der Waals surface area (Å²) in [6.07, 6.45) is 1.32. The van der Waals surface area contributed by atoms with Crippen LogP contribution in [0.1, 0.15) is 0 Å². The highest BCUT2D eigenvalue weighted by Gasteiger charge is 2.23. The molecule has 1 heterocycles. The minimum absolute atomic E-state index is 0.127. The van der Waals surface area contributed by atoms with Crippen LogP contribution < -0.4 is 4.74 Å². The molecule has 3 aromatic rings. The van der Waals surface area contributed by atoms with Crippen molar-refractivity contribution in [2.75, 3.05) is 7.11 Å². The fraction of sp³-hybridized carbons (Fsp3) is 0.0667. The van der Waals surface area contributed by atoms with Crippen molar-refractivity contribution in [1.82, 2.24) is 14.4 Å². The minimum atomic E-state index is -4.04. The van der Waals surface area contributed by atoms with Crippen LogP contribution in [-0.4, -0.2) is 34.9 Å². The van der Waals surface area contributed by atoms with E-state index in [-0.39, 0.29) is 16.3 Å². The van der Waals surface area contributed by atoms with Crippen molar-refractivity contribution in [2.24, 2.45) is 0 Å². The first-order valence-corrected chi connectivity index (χ1v) is 8.42. The molecule has 0 atom stereocenters. The average Bonchev–Trinajstić information content (AvgIpc) is 3.12. The molecule has 9 nitrogen and oxygen atoms in total. The number of nitro benzene ring substituents is 1. The van der Waals surface area contributed by atoms with Crippen molar-refractivity contribution in [3.8, 4) is 17.0 Å². The van der Waals surface area contributed by atoms with Gasteiger partial charge in [0.05, 0.1) is 23.1 Å². The molecule has 0 saturated carbocycles. The predicted octanol–water partition coefficient (Wildman–Crippen LogP) is 2.10. The highest BCUT2D eigenvalue weighted by molar-refractivity contribution is 7.90. The summed E-state index contributed by atoms with van der Waals surface area (Å²) in [7, 11) is -2.52. The van der Waals surface area contributed by atoms with E-state index < -0.39 is 14.9 Å². The van der Waals surface area contributed by atoms with E-state index in [4.69, 9.17) is 4.74 Å². The van der Waals surface area contributed by atoms with Gasteiger partial charge in [0.15, 0.2) is 0 Å². The third-order valence-corrected chi connectivity index (χ3v) is 5.07. The van der Waals surface area contributed by atoms with Crippen LogP contribution in [0.4, 0.5) is 5.69 Å². The van der Waals surface area contributed by atoms with E-state index in [0.717, 1.165) is 28.4 Å². The molecule has 0 aliphatic heterocycles. The quantitative estimate of drug-likeness (QED) is 0.505. The van der Waals surface area contributed by atoms with Crippen LogP contribution in [0.5, 0.6) is 5.75 Å². The number of ether oxygens (including phenoxy) is 1. The molecule has 128 valence electrons. The van der Waals surface area contributed by atoms with Crippen LogP contribution >= 0.6 is 0 Å². The molecule has 0 bridgehead atoms. The molecule has 2 aromatic carbocycles. The Morgan fingerprint density at radius 1 is 1.08 bits per heavy atom. The summed E-state index contributed by atoms with van der Waals surface area (Å²) in [6, 6.07) is 11.3. The third kappa shape index (κ3) is 3.06. The monoisotopic (exact) mass is 360 g/mol. The van der Waals surface area contributed by atoms with Gasteiger partial charge in [0.1, 0.15) is 11.4 Å². The molecule has 0 unspecified atom stereocenters. The van der Waals surface area contributed by atoms with Gasteiger partial charge in [-0.2, -0.15) is 8.42 Å². The average molecular weight is 360 g/mol. The smallest absolute Gasteiger partial charge is 0.284 e. The largest absolute Gasteiger partial charge is 0.497 e. The SMILES string of the molecule is COc1ccc(-c2cnnn2S(=O)(=O)c2ccc([N+](=O)[O-])cc2)cc1. The van der Waals surface area contributed by atoms with Crippen molar-refractivity contribution in [3.63, 3.8) is 0 Å². The van der Waals surface area contributed by atoms with E-state index in [1.54, 1.807) is 24.3 Å². The van der Waals surface area contributed by atoms with Crippen LogP contribution in [0.2, 0.25) is 0 Å².